The summed E-state index contributed by atoms with van der Waals surface area (Å²) in [6.07, 6.45) is 3.68. The van der Waals surface area contributed by atoms with Crippen molar-refractivity contribution in [1.82, 2.24) is 9.97 Å². The average Bonchev–Trinajstić information content (AvgIpc) is 2.78. The Labute approximate surface area is 220 Å². The number of aromatic nitrogens is 2. The molecular weight excluding hydrogens is 492 g/mol. The summed E-state index contributed by atoms with van der Waals surface area (Å²) >= 11 is 7.85. The SMILES string of the molecule is C=C(/C=C(/C)N)Nc1cc(N2CCC2)nc(Sc2ccc(NC(=O)c3cccc(CC)c3Cl)cc2)n1. The van der Waals surface area contributed by atoms with Crippen molar-refractivity contribution >= 4 is 46.6 Å². The zero-order valence-electron chi connectivity index (χ0n) is 20.3. The molecular formula is C27H29ClN6OS. The minimum absolute atomic E-state index is 0.237. The first-order valence-corrected chi connectivity index (χ1v) is 12.9. The standard InChI is InChI=1S/C27H29ClN6OS/c1-4-19-7-5-8-22(25(19)28)26(35)31-20-9-11-21(12-10-20)36-27-32-23(30-18(3)15-17(2)29)16-24(33-27)34-13-6-14-34/h5,7-12,15-16H,3-4,6,13-14,29H2,1-2H3,(H,31,35)(H,30,32,33)/b17-15-. The molecule has 2 heterocycles. The fourth-order valence-corrected chi connectivity index (χ4v) is 4.76. The monoisotopic (exact) mass is 520 g/mol. The number of nitrogens with two attached hydrogens (primary N) is 1. The minimum Gasteiger partial charge on any atom is -0.402 e. The second-order valence-corrected chi connectivity index (χ2v) is 9.90. The maximum atomic E-state index is 12.8. The minimum atomic E-state index is -0.237. The van der Waals surface area contributed by atoms with E-state index in [4.69, 9.17) is 22.3 Å². The van der Waals surface area contributed by atoms with Crippen LogP contribution in [-0.2, 0) is 6.42 Å². The van der Waals surface area contributed by atoms with Crippen LogP contribution in [0.4, 0.5) is 17.3 Å². The Kier molecular flexibility index (Phi) is 8.18. The molecule has 1 amide bonds. The van der Waals surface area contributed by atoms with E-state index >= 15 is 0 Å². The zero-order valence-corrected chi connectivity index (χ0v) is 21.9. The molecule has 1 fully saturated rings. The number of halogens is 1. The van der Waals surface area contributed by atoms with Crippen molar-refractivity contribution in [2.24, 2.45) is 5.73 Å². The van der Waals surface area contributed by atoms with Crippen LogP contribution in [0.2, 0.25) is 5.02 Å². The van der Waals surface area contributed by atoms with Crippen molar-refractivity contribution < 1.29 is 4.79 Å². The molecule has 9 heteroatoms. The molecule has 186 valence electrons. The second-order valence-electron chi connectivity index (χ2n) is 8.49. The van der Waals surface area contributed by atoms with Crippen molar-refractivity contribution in [1.29, 1.82) is 0 Å². The molecule has 1 aliphatic rings. The molecule has 0 bridgehead atoms. The quantitative estimate of drug-likeness (QED) is 0.232. The van der Waals surface area contributed by atoms with Crippen LogP contribution in [0.1, 0.15) is 36.2 Å². The lowest BCUT2D eigenvalue weighted by atomic mass is 10.1. The number of aryl methyl sites for hydroxylation is 1. The van der Waals surface area contributed by atoms with Crippen LogP contribution in [0.3, 0.4) is 0 Å². The van der Waals surface area contributed by atoms with Gasteiger partial charge in [-0.1, -0.05) is 37.2 Å². The molecule has 1 aliphatic heterocycles. The Morgan fingerprint density at radius 3 is 2.58 bits per heavy atom. The maximum absolute atomic E-state index is 12.8. The van der Waals surface area contributed by atoms with E-state index in [1.54, 1.807) is 12.1 Å². The van der Waals surface area contributed by atoms with Crippen LogP contribution in [0, 0.1) is 0 Å². The molecule has 2 aromatic carbocycles. The zero-order chi connectivity index (χ0) is 25.7. The highest BCUT2D eigenvalue weighted by Crippen LogP contribution is 2.31. The van der Waals surface area contributed by atoms with Gasteiger partial charge in [0.25, 0.3) is 5.91 Å². The third-order valence-electron chi connectivity index (χ3n) is 5.59. The predicted molar refractivity (Wildman–Crippen MR) is 149 cm³/mol. The molecule has 1 saturated heterocycles. The number of carbonyl (C=O) groups excluding carboxylic acids is 1. The number of carbonyl (C=O) groups is 1. The maximum Gasteiger partial charge on any atom is 0.257 e. The Hall–Kier alpha value is -3.49. The summed E-state index contributed by atoms with van der Waals surface area (Å²) in [5.41, 5.74) is 9.17. The van der Waals surface area contributed by atoms with Crippen molar-refractivity contribution in [3.8, 4) is 0 Å². The van der Waals surface area contributed by atoms with Gasteiger partial charge in [-0.25, -0.2) is 9.97 Å². The number of amides is 1. The molecule has 4 rings (SSSR count). The summed E-state index contributed by atoms with van der Waals surface area (Å²) < 4.78 is 0. The van der Waals surface area contributed by atoms with Gasteiger partial charge >= 0.3 is 0 Å². The van der Waals surface area contributed by atoms with E-state index in [0.29, 0.717) is 38.6 Å². The summed E-state index contributed by atoms with van der Waals surface area (Å²) in [7, 11) is 0. The molecule has 0 saturated carbocycles. The lowest BCUT2D eigenvalue weighted by molar-refractivity contribution is 0.102. The molecule has 3 aromatic rings. The highest BCUT2D eigenvalue weighted by molar-refractivity contribution is 7.99. The molecule has 36 heavy (non-hydrogen) atoms. The van der Waals surface area contributed by atoms with Gasteiger partial charge in [-0.15, -0.1) is 0 Å². The third-order valence-corrected chi connectivity index (χ3v) is 6.91. The summed E-state index contributed by atoms with van der Waals surface area (Å²) in [5.74, 6) is 1.29. The van der Waals surface area contributed by atoms with Crippen LogP contribution < -0.4 is 21.3 Å². The average molecular weight is 521 g/mol. The first-order valence-electron chi connectivity index (χ1n) is 11.7. The molecule has 0 atom stereocenters. The van der Waals surface area contributed by atoms with Crippen molar-refractivity contribution in [3.05, 3.63) is 88.7 Å². The molecule has 0 aliphatic carbocycles. The summed E-state index contributed by atoms with van der Waals surface area (Å²) in [6.45, 7) is 9.76. The van der Waals surface area contributed by atoms with Crippen LogP contribution in [-0.4, -0.2) is 29.0 Å². The Bertz CT molecular complexity index is 1300. The van der Waals surface area contributed by atoms with E-state index in [9.17, 15) is 4.79 Å². The predicted octanol–water partition coefficient (Wildman–Crippen LogP) is 6.09. The number of hydrogen-bond acceptors (Lipinski definition) is 7. The van der Waals surface area contributed by atoms with E-state index in [1.807, 2.05) is 56.3 Å². The lowest BCUT2D eigenvalue weighted by Crippen LogP contribution is -2.37. The van der Waals surface area contributed by atoms with Gasteiger partial charge in [0.15, 0.2) is 5.16 Å². The molecule has 0 unspecified atom stereocenters. The molecule has 7 nitrogen and oxygen atoms in total. The van der Waals surface area contributed by atoms with Crippen LogP contribution >= 0.6 is 23.4 Å². The Morgan fingerprint density at radius 2 is 1.94 bits per heavy atom. The Morgan fingerprint density at radius 1 is 1.19 bits per heavy atom. The molecule has 1 aromatic heterocycles. The lowest BCUT2D eigenvalue weighted by Gasteiger charge is -2.32. The van der Waals surface area contributed by atoms with Gasteiger partial charge in [0, 0.05) is 41.1 Å². The normalized spacial score (nSPS) is 13.2. The van der Waals surface area contributed by atoms with Gasteiger partial charge in [0.1, 0.15) is 11.6 Å². The van der Waals surface area contributed by atoms with Gasteiger partial charge in [0.05, 0.1) is 10.6 Å². The number of allylic oxidation sites excluding steroid dienone is 2. The van der Waals surface area contributed by atoms with E-state index in [1.165, 1.54) is 11.8 Å². The smallest absolute Gasteiger partial charge is 0.257 e. The fourth-order valence-electron chi connectivity index (χ4n) is 3.64. The van der Waals surface area contributed by atoms with E-state index in [0.717, 1.165) is 42.2 Å². The highest BCUT2D eigenvalue weighted by Gasteiger charge is 2.18. The highest BCUT2D eigenvalue weighted by atomic mass is 35.5. The summed E-state index contributed by atoms with van der Waals surface area (Å²) in [4.78, 5) is 25.3. The van der Waals surface area contributed by atoms with Crippen molar-refractivity contribution in [2.75, 3.05) is 28.6 Å². The third kappa shape index (κ3) is 6.38. The Balaban J connectivity index is 1.48. The number of nitrogens with one attached hydrogen (secondary N) is 2. The van der Waals surface area contributed by atoms with Crippen LogP contribution in [0.15, 0.2) is 82.6 Å². The first kappa shape index (κ1) is 25.6. The number of hydrogen-bond donors (Lipinski definition) is 3. The van der Waals surface area contributed by atoms with Gasteiger partial charge in [0.2, 0.25) is 0 Å². The number of rotatable bonds is 9. The van der Waals surface area contributed by atoms with Gasteiger partial charge in [-0.2, -0.15) is 0 Å². The first-order chi connectivity index (χ1) is 17.3. The van der Waals surface area contributed by atoms with Gasteiger partial charge < -0.3 is 21.3 Å². The van der Waals surface area contributed by atoms with Gasteiger partial charge in [-0.3, -0.25) is 4.79 Å². The molecule has 0 spiro atoms. The van der Waals surface area contributed by atoms with Crippen LogP contribution in [0.25, 0.3) is 0 Å². The molecule has 0 radical (unpaired) electrons. The number of anilines is 3. The van der Waals surface area contributed by atoms with Crippen molar-refractivity contribution in [3.63, 3.8) is 0 Å². The van der Waals surface area contributed by atoms with Gasteiger partial charge in [-0.05, 0) is 73.5 Å². The number of nitrogens with zero attached hydrogens (tertiary/aromatic N) is 3. The summed E-state index contributed by atoms with van der Waals surface area (Å²) in [5, 5.41) is 7.23. The van der Waals surface area contributed by atoms with E-state index in [-0.39, 0.29) is 5.91 Å². The summed E-state index contributed by atoms with van der Waals surface area (Å²) in [6, 6.07) is 15.0. The van der Waals surface area contributed by atoms with Crippen molar-refractivity contribution in [2.45, 2.75) is 36.7 Å². The van der Waals surface area contributed by atoms with E-state index in [2.05, 4.69) is 27.1 Å². The second kappa shape index (κ2) is 11.5. The van der Waals surface area contributed by atoms with E-state index < -0.39 is 0 Å². The number of benzene rings is 2. The molecule has 4 N–H and O–H groups in total. The fraction of sp³-hybridized carbons (Fsp3) is 0.222. The van der Waals surface area contributed by atoms with Crippen LogP contribution in [0.5, 0.6) is 0 Å². The largest absolute Gasteiger partial charge is 0.402 e. The topological polar surface area (TPSA) is 96.2 Å².